The summed E-state index contributed by atoms with van der Waals surface area (Å²) in [5.74, 6) is 0. The number of piperidine rings is 1. The van der Waals surface area contributed by atoms with E-state index in [1.807, 2.05) is 0 Å². The molecular weight excluding hydrogens is 198 g/mol. The first kappa shape index (κ1) is 12.4. The molecule has 1 saturated heterocycles. The Balaban J connectivity index is 1.90. The highest BCUT2D eigenvalue weighted by atomic mass is 16.3. The molecule has 0 spiro atoms. The number of nitrogens with zero attached hydrogens (tertiary/aromatic N) is 1. The predicted molar refractivity (Wildman–Crippen MR) is 67.5 cm³/mol. The number of hydrogen-bond acceptors (Lipinski definition) is 2. The third kappa shape index (κ3) is 2.98. The van der Waals surface area contributed by atoms with E-state index in [4.69, 9.17) is 0 Å². The van der Waals surface area contributed by atoms with Crippen LogP contribution in [0.25, 0.3) is 0 Å². The zero-order chi connectivity index (χ0) is 11.4. The molecule has 1 heterocycles. The molecule has 0 aromatic heterocycles. The van der Waals surface area contributed by atoms with Gasteiger partial charge in [0.15, 0.2) is 0 Å². The van der Waals surface area contributed by atoms with Crippen molar-refractivity contribution in [1.82, 2.24) is 4.90 Å². The summed E-state index contributed by atoms with van der Waals surface area (Å²) in [7, 11) is 0. The van der Waals surface area contributed by atoms with Gasteiger partial charge in [0, 0.05) is 6.04 Å². The van der Waals surface area contributed by atoms with Crippen LogP contribution in [0.1, 0.15) is 64.7 Å². The summed E-state index contributed by atoms with van der Waals surface area (Å²) in [6, 6.07) is 0.672. The van der Waals surface area contributed by atoms with Crippen molar-refractivity contribution in [2.75, 3.05) is 13.1 Å². The third-order valence-electron chi connectivity index (χ3n) is 4.42. The SMILES string of the molecule is CCC[C@]1(O)CCC[C@@H](N2CCCCC2)C1. The van der Waals surface area contributed by atoms with E-state index >= 15 is 0 Å². The monoisotopic (exact) mass is 225 g/mol. The Bertz CT molecular complexity index is 209. The fourth-order valence-electron chi connectivity index (χ4n) is 3.60. The normalized spacial score (nSPS) is 37.5. The zero-order valence-electron chi connectivity index (χ0n) is 10.7. The van der Waals surface area contributed by atoms with Gasteiger partial charge in [-0.2, -0.15) is 0 Å². The van der Waals surface area contributed by atoms with E-state index in [0.29, 0.717) is 6.04 Å². The van der Waals surface area contributed by atoms with Gasteiger partial charge < -0.3 is 10.0 Å². The molecule has 1 saturated carbocycles. The molecule has 2 nitrogen and oxygen atoms in total. The van der Waals surface area contributed by atoms with E-state index in [-0.39, 0.29) is 5.60 Å². The molecule has 0 amide bonds. The molecule has 2 fully saturated rings. The summed E-state index contributed by atoms with van der Waals surface area (Å²) in [5, 5.41) is 10.5. The second-order valence-electron chi connectivity index (χ2n) is 5.82. The molecular formula is C14H27NO. The topological polar surface area (TPSA) is 23.5 Å². The summed E-state index contributed by atoms with van der Waals surface area (Å²) in [5.41, 5.74) is -0.338. The van der Waals surface area contributed by atoms with E-state index in [1.54, 1.807) is 0 Å². The third-order valence-corrected chi connectivity index (χ3v) is 4.42. The summed E-state index contributed by atoms with van der Waals surface area (Å²) >= 11 is 0. The summed E-state index contributed by atoms with van der Waals surface area (Å²) in [4.78, 5) is 2.64. The van der Waals surface area contributed by atoms with Crippen LogP contribution in [0.2, 0.25) is 0 Å². The summed E-state index contributed by atoms with van der Waals surface area (Å²) < 4.78 is 0. The molecule has 2 heteroatoms. The van der Waals surface area contributed by atoms with E-state index in [1.165, 1.54) is 45.2 Å². The van der Waals surface area contributed by atoms with Crippen molar-refractivity contribution in [2.24, 2.45) is 0 Å². The van der Waals surface area contributed by atoms with Crippen LogP contribution < -0.4 is 0 Å². The minimum Gasteiger partial charge on any atom is -0.390 e. The van der Waals surface area contributed by atoms with Gasteiger partial charge in [-0.15, -0.1) is 0 Å². The Hall–Kier alpha value is -0.0800. The molecule has 1 aliphatic heterocycles. The van der Waals surface area contributed by atoms with E-state index in [9.17, 15) is 5.11 Å². The lowest BCUT2D eigenvalue weighted by molar-refractivity contribution is -0.0402. The average molecular weight is 225 g/mol. The van der Waals surface area contributed by atoms with Gasteiger partial charge in [0.2, 0.25) is 0 Å². The Morgan fingerprint density at radius 3 is 2.62 bits per heavy atom. The quantitative estimate of drug-likeness (QED) is 0.798. The molecule has 2 rings (SSSR count). The molecule has 0 bridgehead atoms. The highest BCUT2D eigenvalue weighted by Gasteiger charge is 2.35. The van der Waals surface area contributed by atoms with Crippen molar-refractivity contribution >= 4 is 0 Å². The Kier molecular flexibility index (Phi) is 4.26. The minimum atomic E-state index is -0.338. The number of rotatable bonds is 3. The van der Waals surface area contributed by atoms with Gasteiger partial charge in [-0.1, -0.05) is 19.8 Å². The van der Waals surface area contributed by atoms with Crippen LogP contribution in [0.15, 0.2) is 0 Å². The predicted octanol–water partition coefficient (Wildman–Crippen LogP) is 2.95. The van der Waals surface area contributed by atoms with Gasteiger partial charge in [-0.3, -0.25) is 0 Å². The van der Waals surface area contributed by atoms with Crippen molar-refractivity contribution < 1.29 is 5.11 Å². The van der Waals surface area contributed by atoms with Crippen LogP contribution in [0.4, 0.5) is 0 Å². The van der Waals surface area contributed by atoms with Crippen molar-refractivity contribution in [3.63, 3.8) is 0 Å². The van der Waals surface area contributed by atoms with Crippen molar-refractivity contribution in [3.8, 4) is 0 Å². The fourth-order valence-corrected chi connectivity index (χ4v) is 3.60. The maximum Gasteiger partial charge on any atom is 0.0662 e. The van der Waals surface area contributed by atoms with Gasteiger partial charge in [0.05, 0.1) is 5.60 Å². The van der Waals surface area contributed by atoms with E-state index in [0.717, 1.165) is 25.7 Å². The molecule has 16 heavy (non-hydrogen) atoms. The zero-order valence-corrected chi connectivity index (χ0v) is 10.7. The summed E-state index contributed by atoms with van der Waals surface area (Å²) in [6.07, 6.45) is 10.8. The molecule has 0 unspecified atom stereocenters. The summed E-state index contributed by atoms with van der Waals surface area (Å²) in [6.45, 7) is 4.72. The second-order valence-corrected chi connectivity index (χ2v) is 5.82. The van der Waals surface area contributed by atoms with E-state index in [2.05, 4.69) is 11.8 Å². The molecule has 2 aliphatic rings. The van der Waals surface area contributed by atoms with Crippen LogP contribution in [-0.2, 0) is 0 Å². The van der Waals surface area contributed by atoms with Gasteiger partial charge in [-0.25, -0.2) is 0 Å². The average Bonchev–Trinajstić information content (AvgIpc) is 2.30. The lowest BCUT2D eigenvalue weighted by Crippen LogP contribution is -2.47. The Morgan fingerprint density at radius 2 is 1.94 bits per heavy atom. The largest absolute Gasteiger partial charge is 0.390 e. The van der Waals surface area contributed by atoms with Gasteiger partial charge in [0.25, 0.3) is 0 Å². The van der Waals surface area contributed by atoms with Gasteiger partial charge >= 0.3 is 0 Å². The van der Waals surface area contributed by atoms with Crippen LogP contribution in [-0.4, -0.2) is 34.7 Å². The first-order valence-corrected chi connectivity index (χ1v) is 7.20. The first-order chi connectivity index (χ1) is 7.73. The maximum absolute atomic E-state index is 10.5. The first-order valence-electron chi connectivity index (χ1n) is 7.20. The van der Waals surface area contributed by atoms with Crippen LogP contribution in [0.5, 0.6) is 0 Å². The number of aliphatic hydroxyl groups is 1. The number of hydrogen-bond donors (Lipinski definition) is 1. The molecule has 0 aromatic rings. The highest BCUT2D eigenvalue weighted by molar-refractivity contribution is 4.90. The standard InChI is InChI=1S/C14H27NO/c1-2-8-14(16)9-6-7-13(12-14)15-10-4-3-5-11-15/h13,16H,2-12H2,1H3/t13-,14+/m1/s1. The minimum absolute atomic E-state index is 0.338. The van der Waals surface area contributed by atoms with Crippen LogP contribution in [0, 0.1) is 0 Å². The molecule has 0 aromatic carbocycles. The van der Waals surface area contributed by atoms with Crippen molar-refractivity contribution in [3.05, 3.63) is 0 Å². The van der Waals surface area contributed by atoms with Crippen LogP contribution >= 0.6 is 0 Å². The maximum atomic E-state index is 10.5. The Labute approximate surface area is 100 Å². The molecule has 2 atom stereocenters. The van der Waals surface area contributed by atoms with Crippen molar-refractivity contribution in [2.45, 2.75) is 76.4 Å². The smallest absolute Gasteiger partial charge is 0.0662 e. The molecule has 0 radical (unpaired) electrons. The van der Waals surface area contributed by atoms with E-state index < -0.39 is 0 Å². The fraction of sp³-hybridized carbons (Fsp3) is 1.00. The lowest BCUT2D eigenvalue weighted by Gasteiger charge is -2.43. The second kappa shape index (κ2) is 5.50. The molecule has 94 valence electrons. The Morgan fingerprint density at radius 1 is 1.19 bits per heavy atom. The van der Waals surface area contributed by atoms with Crippen molar-refractivity contribution in [1.29, 1.82) is 0 Å². The molecule has 1 aliphatic carbocycles. The van der Waals surface area contributed by atoms with Crippen LogP contribution in [0.3, 0.4) is 0 Å². The highest BCUT2D eigenvalue weighted by Crippen LogP contribution is 2.35. The lowest BCUT2D eigenvalue weighted by atomic mass is 9.78. The molecule has 1 N–H and O–H groups in total. The van der Waals surface area contributed by atoms with Gasteiger partial charge in [-0.05, 0) is 58.0 Å². The number of likely N-dealkylation sites (tertiary alicyclic amines) is 1. The van der Waals surface area contributed by atoms with Gasteiger partial charge in [0.1, 0.15) is 0 Å².